The summed E-state index contributed by atoms with van der Waals surface area (Å²) < 4.78 is 0. The first kappa shape index (κ1) is 19.6. The van der Waals surface area contributed by atoms with Gasteiger partial charge in [-0.3, -0.25) is 9.59 Å². The number of carbonyl (C=O) groups is 2. The maximum atomic E-state index is 11.8. The predicted octanol–water partition coefficient (Wildman–Crippen LogP) is 1.62. The van der Waals surface area contributed by atoms with Gasteiger partial charge in [0.2, 0.25) is 11.8 Å². The van der Waals surface area contributed by atoms with Crippen LogP contribution in [0.2, 0.25) is 0 Å². The van der Waals surface area contributed by atoms with E-state index in [1.165, 1.54) is 0 Å². The van der Waals surface area contributed by atoms with Gasteiger partial charge in [-0.25, -0.2) is 10.9 Å². The second-order valence-corrected chi connectivity index (χ2v) is 5.89. The van der Waals surface area contributed by atoms with Gasteiger partial charge in [0.05, 0.1) is 11.4 Å². The molecule has 2 amide bonds. The number of nitrogens with one attached hydrogen (secondary N) is 2. The third-order valence-corrected chi connectivity index (χ3v) is 3.67. The van der Waals surface area contributed by atoms with E-state index in [0.717, 1.165) is 11.1 Å². The number of hydrogen-bond donors (Lipinski definition) is 4. The summed E-state index contributed by atoms with van der Waals surface area (Å²) in [5, 5.41) is 7.95. The Morgan fingerprint density at radius 3 is 1.41 bits per heavy atom. The number of rotatable bonds is 6. The number of nitrogen functional groups attached to an aromatic ring is 2. The van der Waals surface area contributed by atoms with Gasteiger partial charge in [-0.2, -0.15) is 10.2 Å². The second-order valence-electron chi connectivity index (χ2n) is 5.89. The smallest absolute Gasteiger partial charge is 0.249 e. The van der Waals surface area contributed by atoms with E-state index in [1.54, 1.807) is 62.4 Å². The van der Waals surface area contributed by atoms with Gasteiger partial charge >= 0.3 is 0 Å². The van der Waals surface area contributed by atoms with E-state index in [9.17, 15) is 9.59 Å². The fourth-order valence-electron chi connectivity index (χ4n) is 2.10. The van der Waals surface area contributed by atoms with Crippen LogP contribution < -0.4 is 22.3 Å². The molecule has 0 heterocycles. The zero-order chi connectivity index (χ0) is 19.8. The molecule has 0 aliphatic heterocycles. The third-order valence-electron chi connectivity index (χ3n) is 3.67. The van der Waals surface area contributed by atoms with Gasteiger partial charge in [0.15, 0.2) is 0 Å². The van der Waals surface area contributed by atoms with Crippen LogP contribution in [0.5, 0.6) is 0 Å². The molecule has 0 spiro atoms. The van der Waals surface area contributed by atoms with Crippen molar-refractivity contribution in [1.29, 1.82) is 0 Å². The van der Waals surface area contributed by atoms with Gasteiger partial charge in [0, 0.05) is 11.4 Å². The lowest BCUT2D eigenvalue weighted by Crippen LogP contribution is -2.28. The molecule has 2 aromatic rings. The Morgan fingerprint density at radius 1 is 0.741 bits per heavy atom. The topological polar surface area (TPSA) is 135 Å². The molecule has 0 aromatic heterocycles. The van der Waals surface area contributed by atoms with Crippen molar-refractivity contribution in [2.45, 2.75) is 20.3 Å². The highest BCUT2D eigenvalue weighted by atomic mass is 16.2. The highest BCUT2D eigenvalue weighted by Gasteiger charge is 2.09. The molecule has 0 unspecified atom stereocenters. The van der Waals surface area contributed by atoms with Crippen LogP contribution in [0.25, 0.3) is 0 Å². The molecule has 0 aliphatic rings. The monoisotopic (exact) mass is 366 g/mol. The van der Waals surface area contributed by atoms with Crippen LogP contribution in [-0.4, -0.2) is 23.2 Å². The van der Waals surface area contributed by atoms with E-state index in [0.29, 0.717) is 22.8 Å². The average molecular weight is 366 g/mol. The average Bonchev–Trinajstić information content (AvgIpc) is 2.65. The van der Waals surface area contributed by atoms with Gasteiger partial charge in [-0.15, -0.1) is 0 Å². The normalized spacial score (nSPS) is 11.8. The number of benzene rings is 2. The predicted molar refractivity (Wildman–Crippen MR) is 107 cm³/mol. The highest BCUT2D eigenvalue weighted by molar-refractivity contribution is 6.02. The fraction of sp³-hybridized carbons (Fsp3) is 0.158. The van der Waals surface area contributed by atoms with Crippen molar-refractivity contribution in [3.8, 4) is 0 Å². The number of anilines is 2. The van der Waals surface area contributed by atoms with Crippen molar-refractivity contribution in [2.75, 3.05) is 11.5 Å². The molecule has 0 saturated heterocycles. The molecule has 2 aromatic carbocycles. The minimum absolute atomic E-state index is 0.392. The first-order chi connectivity index (χ1) is 12.8. The van der Waals surface area contributed by atoms with Crippen LogP contribution in [0, 0.1) is 0 Å². The Labute approximate surface area is 157 Å². The SMILES string of the molecule is C/C(=N/NC(=O)CC(=O)N/N=C(\C)c1ccc(N)cc1)c1ccc(N)cc1. The van der Waals surface area contributed by atoms with Gasteiger partial charge in [-0.1, -0.05) is 24.3 Å². The van der Waals surface area contributed by atoms with Crippen LogP contribution in [0.3, 0.4) is 0 Å². The summed E-state index contributed by atoms with van der Waals surface area (Å²) in [4.78, 5) is 23.7. The summed E-state index contributed by atoms with van der Waals surface area (Å²) in [7, 11) is 0. The molecule has 0 radical (unpaired) electrons. The van der Waals surface area contributed by atoms with Gasteiger partial charge in [0.25, 0.3) is 0 Å². The fourth-order valence-corrected chi connectivity index (χ4v) is 2.10. The summed E-state index contributed by atoms with van der Waals surface area (Å²) >= 11 is 0. The van der Waals surface area contributed by atoms with Crippen molar-refractivity contribution < 1.29 is 9.59 Å². The maximum absolute atomic E-state index is 11.8. The zero-order valence-corrected chi connectivity index (χ0v) is 15.2. The van der Waals surface area contributed by atoms with Crippen molar-refractivity contribution in [2.24, 2.45) is 10.2 Å². The van der Waals surface area contributed by atoms with Crippen LogP contribution >= 0.6 is 0 Å². The lowest BCUT2D eigenvalue weighted by Gasteiger charge is -2.04. The third kappa shape index (κ3) is 6.28. The summed E-state index contributed by atoms with van der Waals surface area (Å²) in [6.07, 6.45) is -0.392. The van der Waals surface area contributed by atoms with Crippen molar-refractivity contribution in [3.63, 3.8) is 0 Å². The molecule has 140 valence electrons. The summed E-state index contributed by atoms with van der Waals surface area (Å²) in [6, 6.07) is 14.1. The zero-order valence-electron chi connectivity index (χ0n) is 15.2. The van der Waals surface area contributed by atoms with E-state index < -0.39 is 18.2 Å². The molecule has 6 N–H and O–H groups in total. The van der Waals surface area contributed by atoms with Crippen LogP contribution in [0.4, 0.5) is 11.4 Å². The molecule has 0 bridgehead atoms. The highest BCUT2D eigenvalue weighted by Crippen LogP contribution is 2.07. The quantitative estimate of drug-likeness (QED) is 0.267. The second kappa shape index (κ2) is 9.14. The van der Waals surface area contributed by atoms with E-state index in [1.807, 2.05) is 0 Å². The van der Waals surface area contributed by atoms with Crippen molar-refractivity contribution in [3.05, 3.63) is 59.7 Å². The first-order valence-electron chi connectivity index (χ1n) is 8.23. The number of amides is 2. The molecule has 8 nitrogen and oxygen atoms in total. The number of nitrogens with zero attached hydrogens (tertiary/aromatic N) is 2. The lowest BCUT2D eigenvalue weighted by atomic mass is 10.1. The molecule has 0 fully saturated rings. The first-order valence-corrected chi connectivity index (χ1v) is 8.23. The van der Waals surface area contributed by atoms with Gasteiger partial charge in [-0.05, 0) is 49.2 Å². The van der Waals surface area contributed by atoms with Gasteiger partial charge < -0.3 is 11.5 Å². The number of hydrazone groups is 2. The number of hydrogen-bond acceptors (Lipinski definition) is 6. The minimum Gasteiger partial charge on any atom is -0.399 e. The molecular formula is C19H22N6O2. The summed E-state index contributed by atoms with van der Waals surface area (Å²) in [6.45, 7) is 3.48. The van der Waals surface area contributed by atoms with Crippen LogP contribution in [-0.2, 0) is 9.59 Å². The summed E-state index contributed by atoms with van der Waals surface area (Å²) in [5.74, 6) is -1.08. The van der Waals surface area contributed by atoms with E-state index in [4.69, 9.17) is 11.5 Å². The van der Waals surface area contributed by atoms with E-state index >= 15 is 0 Å². The van der Waals surface area contributed by atoms with Crippen molar-refractivity contribution in [1.82, 2.24) is 10.9 Å². The minimum atomic E-state index is -0.539. The maximum Gasteiger partial charge on any atom is 0.249 e. The van der Waals surface area contributed by atoms with Crippen LogP contribution in [0.1, 0.15) is 31.4 Å². The lowest BCUT2D eigenvalue weighted by molar-refractivity contribution is -0.129. The molecule has 8 heteroatoms. The molecule has 27 heavy (non-hydrogen) atoms. The Kier molecular flexibility index (Phi) is 6.65. The number of carbonyl (C=O) groups excluding carboxylic acids is 2. The van der Waals surface area contributed by atoms with Crippen molar-refractivity contribution >= 4 is 34.6 Å². The van der Waals surface area contributed by atoms with Gasteiger partial charge in [0.1, 0.15) is 6.42 Å². The van der Waals surface area contributed by atoms with E-state index in [2.05, 4.69) is 21.1 Å². The number of nitrogens with two attached hydrogens (primary N) is 2. The largest absolute Gasteiger partial charge is 0.399 e. The molecule has 0 aliphatic carbocycles. The Bertz CT molecular complexity index is 797. The Hall–Kier alpha value is -3.68. The molecule has 2 rings (SSSR count). The standard InChI is InChI=1S/C19H22N6O2/c1-12(14-3-7-16(20)8-4-14)22-24-18(26)11-19(27)25-23-13(2)15-5-9-17(21)10-6-15/h3-10H,11,20-21H2,1-2H3,(H,24,26)(H,25,27)/b22-12-,23-13+. The van der Waals surface area contributed by atoms with E-state index in [-0.39, 0.29) is 0 Å². The molecule has 0 saturated carbocycles. The Balaban J connectivity index is 1.85. The summed E-state index contributed by atoms with van der Waals surface area (Å²) in [5.41, 5.74) is 20.1. The molecular weight excluding hydrogens is 344 g/mol. The van der Waals surface area contributed by atoms with Crippen LogP contribution in [0.15, 0.2) is 58.7 Å². The molecule has 0 atom stereocenters. The Morgan fingerprint density at radius 2 is 1.07 bits per heavy atom.